The van der Waals surface area contributed by atoms with E-state index in [0.29, 0.717) is 35.7 Å². The molecule has 4 aliphatic heterocycles. The molecule has 0 aromatic heterocycles. The van der Waals surface area contributed by atoms with E-state index in [2.05, 4.69) is 24.5 Å². The molecule has 4 heterocycles. The fourth-order valence-electron chi connectivity index (χ4n) is 6.11. The summed E-state index contributed by atoms with van der Waals surface area (Å²) in [5, 5.41) is 6.20. The summed E-state index contributed by atoms with van der Waals surface area (Å²) in [7, 11) is 0. The van der Waals surface area contributed by atoms with Crippen LogP contribution in [0.25, 0.3) is 0 Å². The molecule has 9 heteroatoms. The molecule has 1 aromatic carbocycles. The highest BCUT2D eigenvalue weighted by Crippen LogP contribution is 2.60. The summed E-state index contributed by atoms with van der Waals surface area (Å²) in [6.45, 7) is 7.03. The molecule has 8 atom stereocenters. The smallest absolute Gasteiger partial charge is 0.319 e. The molecule has 0 unspecified atom stereocenters. The van der Waals surface area contributed by atoms with Gasteiger partial charge in [0.15, 0.2) is 18.2 Å². The fourth-order valence-corrected chi connectivity index (χ4v) is 6.24. The van der Waals surface area contributed by atoms with E-state index in [1.165, 1.54) is 0 Å². The Labute approximate surface area is 199 Å². The van der Waals surface area contributed by atoms with Gasteiger partial charge in [-0.15, -0.1) is 0 Å². The Balaban J connectivity index is 1.19. The SMILES string of the molecule is C[C@H]1[C@H](OCCNC(=O)Nc2ccc(Cl)cc2)O[C@@H]2O[C@@]3(C)CC[C@H]4[C@H](C)CC[C@@H]1[C@@]24OO3. The van der Waals surface area contributed by atoms with Crippen molar-refractivity contribution >= 4 is 23.3 Å². The second kappa shape index (κ2) is 8.98. The van der Waals surface area contributed by atoms with Crippen molar-refractivity contribution in [2.45, 2.75) is 70.4 Å². The third-order valence-electron chi connectivity index (χ3n) is 7.87. The number of carbonyl (C=O) groups excluding carboxylic acids is 1. The molecular formula is C24H33ClN2O6. The average molecular weight is 481 g/mol. The van der Waals surface area contributed by atoms with Gasteiger partial charge in [-0.25, -0.2) is 14.6 Å². The van der Waals surface area contributed by atoms with Crippen LogP contribution in [-0.2, 0) is 24.0 Å². The highest BCUT2D eigenvalue weighted by atomic mass is 35.5. The minimum atomic E-state index is -0.802. The lowest BCUT2D eigenvalue weighted by atomic mass is 9.58. The largest absolute Gasteiger partial charge is 0.350 e. The Bertz CT molecular complexity index is 871. The molecule has 1 spiro atoms. The molecule has 2 N–H and O–H groups in total. The number of amides is 2. The molecule has 1 aromatic rings. The molecule has 2 amide bonds. The van der Waals surface area contributed by atoms with E-state index in [-0.39, 0.29) is 17.9 Å². The number of halogens is 1. The van der Waals surface area contributed by atoms with Crippen LogP contribution in [0, 0.1) is 23.7 Å². The third-order valence-corrected chi connectivity index (χ3v) is 8.12. The lowest BCUT2D eigenvalue weighted by Gasteiger charge is -2.60. The maximum atomic E-state index is 12.1. The minimum absolute atomic E-state index is 0.105. The molecule has 2 bridgehead atoms. The summed E-state index contributed by atoms with van der Waals surface area (Å²) in [6, 6.07) is 6.64. The van der Waals surface area contributed by atoms with Crippen molar-refractivity contribution < 1.29 is 28.8 Å². The Morgan fingerprint density at radius 1 is 1.15 bits per heavy atom. The van der Waals surface area contributed by atoms with Crippen LogP contribution in [0.4, 0.5) is 10.5 Å². The normalized spacial score (nSPS) is 41.7. The fraction of sp³-hybridized carbons (Fsp3) is 0.708. The maximum absolute atomic E-state index is 12.1. The van der Waals surface area contributed by atoms with Crippen LogP contribution in [0.5, 0.6) is 0 Å². The number of nitrogens with one attached hydrogen (secondary N) is 2. The van der Waals surface area contributed by atoms with Gasteiger partial charge in [-0.1, -0.05) is 25.4 Å². The first-order chi connectivity index (χ1) is 15.8. The van der Waals surface area contributed by atoms with Gasteiger partial charge in [-0.05, 0) is 62.3 Å². The zero-order valence-electron chi connectivity index (χ0n) is 19.3. The van der Waals surface area contributed by atoms with Crippen LogP contribution in [0.2, 0.25) is 5.02 Å². The predicted molar refractivity (Wildman–Crippen MR) is 121 cm³/mol. The molecule has 1 aliphatic carbocycles. The summed E-state index contributed by atoms with van der Waals surface area (Å²) in [5.74, 6) is 0.365. The first-order valence-electron chi connectivity index (χ1n) is 11.9. The Hall–Kier alpha value is -1.42. The number of carbonyl (C=O) groups is 1. The van der Waals surface area contributed by atoms with Gasteiger partial charge in [0, 0.05) is 35.5 Å². The van der Waals surface area contributed by atoms with Crippen molar-refractivity contribution in [3.63, 3.8) is 0 Å². The number of fused-ring (bicyclic) bond motifs is 2. The van der Waals surface area contributed by atoms with Gasteiger partial charge in [0.1, 0.15) is 0 Å². The van der Waals surface area contributed by atoms with Crippen LogP contribution >= 0.6 is 11.6 Å². The quantitative estimate of drug-likeness (QED) is 0.469. The molecular weight excluding hydrogens is 448 g/mol. The molecule has 6 rings (SSSR count). The highest BCUT2D eigenvalue weighted by molar-refractivity contribution is 6.30. The third kappa shape index (κ3) is 4.26. The second-order valence-electron chi connectivity index (χ2n) is 10.0. The lowest BCUT2D eigenvalue weighted by molar-refractivity contribution is -0.577. The number of rotatable bonds is 5. The van der Waals surface area contributed by atoms with Crippen molar-refractivity contribution in [3.05, 3.63) is 29.3 Å². The summed E-state index contributed by atoms with van der Waals surface area (Å²) in [5.41, 5.74) is 0.0774. The average Bonchev–Trinajstić information content (AvgIpc) is 3.02. The van der Waals surface area contributed by atoms with Crippen molar-refractivity contribution in [1.29, 1.82) is 0 Å². The molecule has 33 heavy (non-hydrogen) atoms. The summed E-state index contributed by atoms with van der Waals surface area (Å²) in [4.78, 5) is 24.1. The number of hydrogen-bond donors (Lipinski definition) is 2. The van der Waals surface area contributed by atoms with Crippen LogP contribution in [0.1, 0.15) is 46.5 Å². The number of ether oxygens (including phenoxy) is 3. The predicted octanol–water partition coefficient (Wildman–Crippen LogP) is 4.69. The van der Waals surface area contributed by atoms with E-state index >= 15 is 0 Å². The molecule has 182 valence electrons. The van der Waals surface area contributed by atoms with Crippen molar-refractivity contribution in [1.82, 2.24) is 5.32 Å². The molecule has 0 radical (unpaired) electrons. The lowest BCUT2D eigenvalue weighted by Crippen LogP contribution is -2.70. The second-order valence-corrected chi connectivity index (χ2v) is 10.5. The van der Waals surface area contributed by atoms with Crippen molar-refractivity contribution in [3.8, 4) is 0 Å². The first-order valence-corrected chi connectivity index (χ1v) is 12.3. The Kier molecular flexibility index (Phi) is 6.35. The number of hydrogen-bond acceptors (Lipinski definition) is 6. The van der Waals surface area contributed by atoms with Gasteiger partial charge < -0.3 is 24.8 Å². The Morgan fingerprint density at radius 2 is 1.94 bits per heavy atom. The summed E-state index contributed by atoms with van der Waals surface area (Å²) < 4.78 is 18.8. The topological polar surface area (TPSA) is 87.3 Å². The monoisotopic (exact) mass is 480 g/mol. The van der Waals surface area contributed by atoms with E-state index in [1.807, 2.05) is 6.92 Å². The van der Waals surface area contributed by atoms with Gasteiger partial charge in [0.05, 0.1) is 6.61 Å². The van der Waals surface area contributed by atoms with Crippen molar-refractivity contribution in [2.24, 2.45) is 23.7 Å². The Morgan fingerprint density at radius 3 is 2.73 bits per heavy atom. The summed E-state index contributed by atoms with van der Waals surface area (Å²) in [6.07, 6.45) is 2.98. The van der Waals surface area contributed by atoms with Crippen LogP contribution < -0.4 is 10.6 Å². The first kappa shape index (κ1) is 23.3. The van der Waals surface area contributed by atoms with Crippen LogP contribution in [0.15, 0.2) is 24.3 Å². The highest BCUT2D eigenvalue weighted by Gasteiger charge is 2.69. The number of urea groups is 1. The number of anilines is 1. The van der Waals surface area contributed by atoms with E-state index in [1.54, 1.807) is 24.3 Å². The van der Waals surface area contributed by atoms with Gasteiger partial charge in [0.2, 0.25) is 5.79 Å². The van der Waals surface area contributed by atoms with Crippen molar-refractivity contribution in [2.75, 3.05) is 18.5 Å². The van der Waals surface area contributed by atoms with E-state index in [9.17, 15) is 4.79 Å². The van der Waals surface area contributed by atoms with Gasteiger partial charge in [-0.3, -0.25) is 0 Å². The zero-order chi connectivity index (χ0) is 23.2. The van der Waals surface area contributed by atoms with E-state index < -0.39 is 24.0 Å². The van der Waals surface area contributed by atoms with Crippen LogP contribution in [0.3, 0.4) is 0 Å². The van der Waals surface area contributed by atoms with Gasteiger partial charge in [-0.2, -0.15) is 0 Å². The molecule has 1 saturated carbocycles. The molecule has 5 aliphatic rings. The number of benzene rings is 1. The summed E-state index contributed by atoms with van der Waals surface area (Å²) >= 11 is 5.87. The molecule has 4 saturated heterocycles. The van der Waals surface area contributed by atoms with E-state index in [0.717, 1.165) is 25.7 Å². The maximum Gasteiger partial charge on any atom is 0.319 e. The standard InChI is InChI=1S/C24H33ClN2O6/c1-14-4-9-19-15(2)20(29-13-12-26-22(28)27-17-7-5-16(25)6-8-17)30-21-24(19)18(14)10-11-23(3,31-21)32-33-24/h5-8,14-15,18-21H,4,9-13H2,1-3H3,(H2,26,27,28)/t14-,15-,18+,19+,20-,21-,23-,24-/m1/s1. The zero-order valence-corrected chi connectivity index (χ0v) is 20.1. The van der Waals surface area contributed by atoms with Crippen LogP contribution in [-0.4, -0.2) is 43.2 Å². The van der Waals surface area contributed by atoms with E-state index in [4.69, 9.17) is 35.6 Å². The molecule has 5 fully saturated rings. The molecule has 8 nitrogen and oxygen atoms in total. The van der Waals surface area contributed by atoms with Gasteiger partial charge >= 0.3 is 6.03 Å². The minimum Gasteiger partial charge on any atom is -0.350 e. The van der Waals surface area contributed by atoms with Gasteiger partial charge in [0.25, 0.3) is 0 Å².